The van der Waals surface area contributed by atoms with Gasteiger partial charge in [0.1, 0.15) is 13.7 Å². The zero-order valence-corrected chi connectivity index (χ0v) is 6.63. The zero-order valence-electron chi connectivity index (χ0n) is 6.63. The first-order valence-electron chi connectivity index (χ1n) is 3.30. The Bertz CT molecular complexity index is 223. The molecule has 10 heavy (non-hydrogen) atoms. The number of rotatable bonds is 1. The summed E-state index contributed by atoms with van der Waals surface area (Å²) in [6.07, 6.45) is 1.82. The predicted octanol–water partition coefficient (Wildman–Crippen LogP) is -0.594. The minimum absolute atomic E-state index is 1.01. The number of hydrogen-bond donors (Lipinski definition) is 0. The maximum atomic E-state index is 4.16. The summed E-state index contributed by atoms with van der Waals surface area (Å²) >= 11 is 0. The second kappa shape index (κ2) is 2.73. The maximum absolute atomic E-state index is 4.16. The molecule has 0 atom stereocenters. The lowest BCUT2D eigenvalue weighted by molar-refractivity contribution is 1.07. The van der Waals surface area contributed by atoms with Crippen molar-refractivity contribution in [3.63, 3.8) is 0 Å². The molecule has 0 unspecified atom stereocenters. The molecule has 0 aliphatic heterocycles. The van der Waals surface area contributed by atoms with Gasteiger partial charge in [-0.1, -0.05) is 5.46 Å². The van der Waals surface area contributed by atoms with Crippen LogP contribution in [0.25, 0.3) is 0 Å². The van der Waals surface area contributed by atoms with Crippen LogP contribution in [0.3, 0.4) is 0 Å². The third kappa shape index (κ3) is 1.50. The van der Waals surface area contributed by atoms with Crippen molar-refractivity contribution in [3.8, 4) is 0 Å². The van der Waals surface area contributed by atoms with E-state index in [9.17, 15) is 0 Å². The maximum Gasteiger partial charge on any atom is 0.139 e. The summed E-state index contributed by atoms with van der Waals surface area (Å²) in [4.78, 5) is 6.16. The SMILES string of the molecule is Bc1ccnc(N(C)C)c1. The Morgan fingerprint density at radius 3 is 2.60 bits per heavy atom. The van der Waals surface area contributed by atoms with Crippen molar-refractivity contribution in [2.45, 2.75) is 0 Å². The summed E-state index contributed by atoms with van der Waals surface area (Å²) in [5.74, 6) is 1.01. The molecule has 1 heterocycles. The van der Waals surface area contributed by atoms with Crippen molar-refractivity contribution in [1.29, 1.82) is 0 Å². The second-order valence-corrected chi connectivity index (χ2v) is 2.59. The Morgan fingerprint density at radius 2 is 2.20 bits per heavy atom. The highest BCUT2D eigenvalue weighted by Gasteiger charge is 1.93. The van der Waals surface area contributed by atoms with E-state index in [4.69, 9.17) is 0 Å². The monoisotopic (exact) mass is 134 g/mol. The molecule has 0 saturated carbocycles. The van der Waals surface area contributed by atoms with Crippen LogP contribution in [-0.4, -0.2) is 26.9 Å². The fourth-order valence-electron chi connectivity index (χ4n) is 0.765. The minimum atomic E-state index is 1.01. The second-order valence-electron chi connectivity index (χ2n) is 2.59. The summed E-state index contributed by atoms with van der Waals surface area (Å²) in [6.45, 7) is 0. The molecule has 0 spiro atoms. The van der Waals surface area contributed by atoms with Gasteiger partial charge >= 0.3 is 0 Å². The first-order valence-corrected chi connectivity index (χ1v) is 3.30. The van der Waals surface area contributed by atoms with Crippen molar-refractivity contribution < 1.29 is 0 Å². The molecule has 0 aromatic carbocycles. The van der Waals surface area contributed by atoms with Crippen LogP contribution in [0.2, 0.25) is 0 Å². The van der Waals surface area contributed by atoms with Gasteiger partial charge in [0.2, 0.25) is 0 Å². The van der Waals surface area contributed by atoms with Crippen LogP contribution in [0.15, 0.2) is 18.3 Å². The molecule has 2 nitrogen and oxygen atoms in total. The molecule has 0 bridgehead atoms. The van der Waals surface area contributed by atoms with E-state index in [0.717, 1.165) is 5.82 Å². The lowest BCUT2D eigenvalue weighted by atomic mass is 9.98. The predicted molar refractivity (Wildman–Crippen MR) is 46.7 cm³/mol. The molecule has 0 fully saturated rings. The lowest BCUT2D eigenvalue weighted by Crippen LogP contribution is -2.13. The summed E-state index contributed by atoms with van der Waals surface area (Å²) in [7, 11) is 6.04. The molecule has 1 rings (SSSR count). The van der Waals surface area contributed by atoms with E-state index in [1.807, 2.05) is 31.3 Å². The van der Waals surface area contributed by atoms with Crippen molar-refractivity contribution >= 4 is 19.1 Å². The highest BCUT2D eigenvalue weighted by Crippen LogP contribution is 2.00. The van der Waals surface area contributed by atoms with Crippen molar-refractivity contribution in [1.82, 2.24) is 4.98 Å². The smallest absolute Gasteiger partial charge is 0.139 e. The number of aromatic nitrogens is 1. The van der Waals surface area contributed by atoms with Gasteiger partial charge in [0, 0.05) is 20.3 Å². The normalized spacial score (nSPS) is 9.40. The highest BCUT2D eigenvalue weighted by atomic mass is 15.1. The minimum Gasteiger partial charge on any atom is -0.363 e. The molecule has 52 valence electrons. The van der Waals surface area contributed by atoms with Gasteiger partial charge in [-0.2, -0.15) is 0 Å². The van der Waals surface area contributed by atoms with Gasteiger partial charge in [0.05, 0.1) is 0 Å². The van der Waals surface area contributed by atoms with Crippen LogP contribution in [0, 0.1) is 0 Å². The van der Waals surface area contributed by atoms with Gasteiger partial charge in [-0.15, -0.1) is 0 Å². The van der Waals surface area contributed by atoms with Crippen LogP contribution in [0.1, 0.15) is 0 Å². The summed E-state index contributed by atoms with van der Waals surface area (Å²) in [6, 6.07) is 4.05. The summed E-state index contributed by atoms with van der Waals surface area (Å²) in [5.41, 5.74) is 1.25. The van der Waals surface area contributed by atoms with E-state index in [1.54, 1.807) is 0 Å². The highest BCUT2D eigenvalue weighted by molar-refractivity contribution is 6.32. The van der Waals surface area contributed by atoms with E-state index in [2.05, 4.69) is 18.9 Å². The van der Waals surface area contributed by atoms with E-state index in [0.29, 0.717) is 0 Å². The Balaban J connectivity index is 2.96. The van der Waals surface area contributed by atoms with Gasteiger partial charge < -0.3 is 4.90 Å². The van der Waals surface area contributed by atoms with Crippen molar-refractivity contribution in [2.75, 3.05) is 19.0 Å². The largest absolute Gasteiger partial charge is 0.363 e. The molecular formula is C7H11BN2. The molecule has 0 N–H and O–H groups in total. The number of anilines is 1. The van der Waals surface area contributed by atoms with Crippen LogP contribution in [0.5, 0.6) is 0 Å². The van der Waals surface area contributed by atoms with E-state index < -0.39 is 0 Å². The Morgan fingerprint density at radius 1 is 1.50 bits per heavy atom. The molecule has 1 aromatic rings. The average molecular weight is 134 g/mol. The van der Waals surface area contributed by atoms with Crippen molar-refractivity contribution in [3.05, 3.63) is 18.3 Å². The number of pyridine rings is 1. The number of nitrogens with zero attached hydrogens (tertiary/aromatic N) is 2. The molecule has 0 aliphatic rings. The van der Waals surface area contributed by atoms with E-state index >= 15 is 0 Å². The molecule has 1 aromatic heterocycles. The third-order valence-corrected chi connectivity index (χ3v) is 1.36. The Labute approximate surface area is 62.3 Å². The van der Waals surface area contributed by atoms with Crippen LogP contribution in [0.4, 0.5) is 5.82 Å². The molecule has 3 heteroatoms. The summed E-state index contributed by atoms with van der Waals surface area (Å²) < 4.78 is 0. The van der Waals surface area contributed by atoms with Gasteiger partial charge in [-0.25, -0.2) is 4.98 Å². The van der Waals surface area contributed by atoms with Gasteiger partial charge in [-0.3, -0.25) is 0 Å². The van der Waals surface area contributed by atoms with E-state index in [1.165, 1.54) is 5.46 Å². The van der Waals surface area contributed by atoms with Gasteiger partial charge in [0.15, 0.2) is 0 Å². The summed E-state index contributed by atoms with van der Waals surface area (Å²) in [5, 5.41) is 0. The first kappa shape index (κ1) is 7.13. The average Bonchev–Trinajstić information content (AvgIpc) is 1.88. The molecule has 0 aliphatic carbocycles. The van der Waals surface area contributed by atoms with Crippen LogP contribution >= 0.6 is 0 Å². The van der Waals surface area contributed by atoms with Crippen molar-refractivity contribution in [2.24, 2.45) is 0 Å². The Kier molecular flexibility index (Phi) is 1.95. The molecular weight excluding hydrogens is 123 g/mol. The molecule has 0 saturated heterocycles. The van der Waals surface area contributed by atoms with E-state index in [-0.39, 0.29) is 0 Å². The lowest BCUT2D eigenvalue weighted by Gasteiger charge is -2.10. The Hall–Kier alpha value is -0.985. The van der Waals surface area contributed by atoms with Crippen LogP contribution in [-0.2, 0) is 0 Å². The number of hydrogen-bond acceptors (Lipinski definition) is 2. The van der Waals surface area contributed by atoms with Gasteiger partial charge in [0.25, 0.3) is 0 Å². The molecule has 0 amide bonds. The topological polar surface area (TPSA) is 16.1 Å². The molecule has 0 radical (unpaired) electrons. The fraction of sp³-hybridized carbons (Fsp3) is 0.286. The third-order valence-electron chi connectivity index (χ3n) is 1.36. The fourth-order valence-corrected chi connectivity index (χ4v) is 0.765. The van der Waals surface area contributed by atoms with Gasteiger partial charge in [-0.05, 0) is 12.1 Å². The zero-order chi connectivity index (χ0) is 7.56. The standard InChI is InChI=1S/C7H11BN2/c1-10(2)7-5-6(8)3-4-9-7/h3-5H,8H2,1-2H3. The quantitative estimate of drug-likeness (QED) is 0.477. The van der Waals surface area contributed by atoms with Crippen LogP contribution < -0.4 is 10.4 Å². The first-order chi connectivity index (χ1) is 4.70.